The summed E-state index contributed by atoms with van der Waals surface area (Å²) in [5.74, 6) is 0.115. The number of piperidine rings is 1. The molecule has 1 saturated heterocycles. The maximum Gasteiger partial charge on any atom is 0.226 e. The topological polar surface area (TPSA) is 70.6 Å². The van der Waals surface area contributed by atoms with E-state index in [4.69, 9.17) is 0 Å². The highest BCUT2D eigenvalue weighted by atomic mass is 32.2. The number of carbonyl (C=O) groups excluding carboxylic acids is 1. The molecule has 0 aromatic carbocycles. The number of thiazole rings is 1. The zero-order valence-electron chi connectivity index (χ0n) is 12.6. The van der Waals surface area contributed by atoms with E-state index < -0.39 is 10.0 Å². The summed E-state index contributed by atoms with van der Waals surface area (Å²) in [6.45, 7) is 1.49. The molecule has 1 aliphatic heterocycles. The summed E-state index contributed by atoms with van der Waals surface area (Å²) in [6, 6.07) is 0.351. The third-order valence-electron chi connectivity index (χ3n) is 4.33. The molecular formula is C14H21N3O3S2. The van der Waals surface area contributed by atoms with Gasteiger partial charge in [0.25, 0.3) is 0 Å². The van der Waals surface area contributed by atoms with Crippen molar-refractivity contribution in [1.82, 2.24) is 14.2 Å². The van der Waals surface area contributed by atoms with Gasteiger partial charge in [-0.3, -0.25) is 4.79 Å². The Kier molecular flexibility index (Phi) is 4.52. The Morgan fingerprint density at radius 2 is 2.05 bits per heavy atom. The minimum atomic E-state index is -3.14. The van der Waals surface area contributed by atoms with Crippen LogP contribution in [0.5, 0.6) is 0 Å². The lowest BCUT2D eigenvalue weighted by molar-refractivity contribution is -0.138. The van der Waals surface area contributed by atoms with Crippen LogP contribution in [0, 0.1) is 5.92 Å². The van der Waals surface area contributed by atoms with Gasteiger partial charge in [-0.15, -0.1) is 11.3 Å². The van der Waals surface area contributed by atoms with Crippen molar-refractivity contribution >= 4 is 27.3 Å². The van der Waals surface area contributed by atoms with Crippen molar-refractivity contribution in [2.75, 3.05) is 19.3 Å². The van der Waals surface area contributed by atoms with E-state index in [1.54, 1.807) is 17.5 Å². The van der Waals surface area contributed by atoms with Crippen LogP contribution >= 0.6 is 11.3 Å². The Labute approximate surface area is 135 Å². The SMILES string of the molecule is CS(=O)(=O)N1CCC(C(=O)N(Cc2nccs2)C2CC2)CC1. The number of rotatable bonds is 5. The van der Waals surface area contributed by atoms with Crippen LogP contribution in [0.4, 0.5) is 0 Å². The molecule has 122 valence electrons. The standard InChI is InChI=1S/C14H21N3O3S2/c1-22(19,20)16-7-4-11(5-8-16)14(18)17(12-2-3-12)10-13-15-6-9-21-13/h6,9,11-12H,2-5,7-8,10H2,1H3. The van der Waals surface area contributed by atoms with E-state index in [0.717, 1.165) is 17.8 Å². The smallest absolute Gasteiger partial charge is 0.226 e. The Bertz CT molecular complexity index is 618. The molecule has 1 saturated carbocycles. The molecule has 6 nitrogen and oxygen atoms in total. The van der Waals surface area contributed by atoms with Crippen LogP contribution in [-0.2, 0) is 21.4 Å². The van der Waals surface area contributed by atoms with Gasteiger partial charge in [0.1, 0.15) is 5.01 Å². The fourth-order valence-corrected chi connectivity index (χ4v) is 4.41. The number of nitrogens with zero attached hydrogens (tertiary/aromatic N) is 3. The van der Waals surface area contributed by atoms with Crippen molar-refractivity contribution in [2.45, 2.75) is 38.3 Å². The average Bonchev–Trinajstić information content (AvgIpc) is 3.20. The molecule has 1 aromatic rings. The van der Waals surface area contributed by atoms with Gasteiger partial charge in [-0.2, -0.15) is 0 Å². The fraction of sp³-hybridized carbons (Fsp3) is 0.714. The minimum absolute atomic E-state index is 0.0569. The lowest BCUT2D eigenvalue weighted by atomic mass is 9.96. The van der Waals surface area contributed by atoms with Crippen LogP contribution in [0.15, 0.2) is 11.6 Å². The quantitative estimate of drug-likeness (QED) is 0.808. The molecule has 0 atom stereocenters. The van der Waals surface area contributed by atoms with E-state index in [0.29, 0.717) is 38.5 Å². The van der Waals surface area contributed by atoms with E-state index >= 15 is 0 Å². The first-order chi connectivity index (χ1) is 10.4. The molecule has 2 fully saturated rings. The largest absolute Gasteiger partial charge is 0.333 e. The number of hydrogen-bond donors (Lipinski definition) is 0. The highest BCUT2D eigenvalue weighted by Gasteiger charge is 2.38. The molecule has 22 heavy (non-hydrogen) atoms. The molecular weight excluding hydrogens is 322 g/mol. The van der Waals surface area contributed by atoms with Crippen LogP contribution in [0.25, 0.3) is 0 Å². The number of hydrogen-bond acceptors (Lipinski definition) is 5. The second kappa shape index (κ2) is 6.25. The van der Waals surface area contributed by atoms with Crippen LogP contribution in [0.2, 0.25) is 0 Å². The summed E-state index contributed by atoms with van der Waals surface area (Å²) in [5, 5.41) is 2.89. The number of carbonyl (C=O) groups is 1. The third kappa shape index (κ3) is 3.67. The summed E-state index contributed by atoms with van der Waals surface area (Å²) in [6.07, 6.45) is 6.37. The number of amides is 1. The van der Waals surface area contributed by atoms with Crippen molar-refractivity contribution < 1.29 is 13.2 Å². The van der Waals surface area contributed by atoms with E-state index in [1.807, 2.05) is 10.3 Å². The third-order valence-corrected chi connectivity index (χ3v) is 6.40. The summed E-state index contributed by atoms with van der Waals surface area (Å²) >= 11 is 1.57. The second-order valence-electron chi connectivity index (χ2n) is 6.06. The molecule has 0 bridgehead atoms. The average molecular weight is 343 g/mol. The summed E-state index contributed by atoms with van der Waals surface area (Å²) < 4.78 is 24.6. The van der Waals surface area contributed by atoms with Crippen molar-refractivity contribution in [2.24, 2.45) is 5.92 Å². The lowest BCUT2D eigenvalue weighted by Crippen LogP contribution is -2.44. The van der Waals surface area contributed by atoms with Gasteiger partial charge in [-0.1, -0.05) is 0 Å². The van der Waals surface area contributed by atoms with Crippen molar-refractivity contribution in [3.63, 3.8) is 0 Å². The monoisotopic (exact) mass is 343 g/mol. The molecule has 0 radical (unpaired) electrons. The van der Waals surface area contributed by atoms with Crippen molar-refractivity contribution in [1.29, 1.82) is 0 Å². The Morgan fingerprint density at radius 3 is 2.55 bits per heavy atom. The highest BCUT2D eigenvalue weighted by Crippen LogP contribution is 2.32. The minimum Gasteiger partial charge on any atom is -0.333 e. The maximum atomic E-state index is 12.8. The highest BCUT2D eigenvalue weighted by molar-refractivity contribution is 7.88. The predicted molar refractivity (Wildman–Crippen MR) is 84.8 cm³/mol. The molecule has 1 amide bonds. The van der Waals surface area contributed by atoms with E-state index in [1.165, 1.54) is 10.6 Å². The van der Waals surface area contributed by atoms with Gasteiger partial charge in [-0.05, 0) is 25.7 Å². The lowest BCUT2D eigenvalue weighted by Gasteiger charge is -2.33. The van der Waals surface area contributed by atoms with Crippen LogP contribution < -0.4 is 0 Å². The normalized spacial score (nSPS) is 21.0. The van der Waals surface area contributed by atoms with Gasteiger partial charge in [0.05, 0.1) is 12.8 Å². The zero-order valence-corrected chi connectivity index (χ0v) is 14.3. The molecule has 2 aliphatic rings. The first kappa shape index (κ1) is 15.9. The summed E-state index contributed by atoms with van der Waals surface area (Å²) in [5.41, 5.74) is 0. The van der Waals surface area contributed by atoms with Crippen LogP contribution in [0.1, 0.15) is 30.7 Å². The van der Waals surface area contributed by atoms with Gasteiger partial charge in [0, 0.05) is 36.6 Å². The van der Waals surface area contributed by atoms with Gasteiger partial charge >= 0.3 is 0 Å². The van der Waals surface area contributed by atoms with E-state index in [9.17, 15) is 13.2 Å². The van der Waals surface area contributed by atoms with Gasteiger partial charge < -0.3 is 4.90 Å². The molecule has 8 heteroatoms. The van der Waals surface area contributed by atoms with Gasteiger partial charge in [0.15, 0.2) is 0 Å². The van der Waals surface area contributed by atoms with Crippen molar-refractivity contribution in [3.8, 4) is 0 Å². The first-order valence-corrected chi connectivity index (χ1v) is 10.3. The molecule has 0 unspecified atom stereocenters. The predicted octanol–water partition coefficient (Wildman–Crippen LogP) is 1.31. The molecule has 0 N–H and O–H groups in total. The molecule has 3 rings (SSSR count). The van der Waals surface area contributed by atoms with E-state index in [2.05, 4.69) is 4.98 Å². The molecule has 1 aromatic heterocycles. The summed E-state index contributed by atoms with van der Waals surface area (Å²) in [7, 11) is -3.14. The number of aromatic nitrogens is 1. The maximum absolute atomic E-state index is 12.8. The molecule has 2 heterocycles. The Morgan fingerprint density at radius 1 is 1.36 bits per heavy atom. The zero-order chi connectivity index (χ0) is 15.7. The van der Waals surface area contributed by atoms with Crippen LogP contribution in [-0.4, -0.2) is 53.9 Å². The Balaban J connectivity index is 1.62. The van der Waals surface area contributed by atoms with E-state index in [-0.39, 0.29) is 11.8 Å². The van der Waals surface area contributed by atoms with Gasteiger partial charge in [-0.25, -0.2) is 17.7 Å². The van der Waals surface area contributed by atoms with Crippen LogP contribution in [0.3, 0.4) is 0 Å². The first-order valence-electron chi connectivity index (χ1n) is 7.59. The fourth-order valence-electron chi connectivity index (χ4n) is 2.92. The molecule has 0 spiro atoms. The molecule has 1 aliphatic carbocycles. The second-order valence-corrected chi connectivity index (χ2v) is 9.02. The van der Waals surface area contributed by atoms with Crippen molar-refractivity contribution in [3.05, 3.63) is 16.6 Å². The summed E-state index contributed by atoms with van der Waals surface area (Å²) in [4.78, 5) is 19.0. The Hall–Kier alpha value is -0.990. The van der Waals surface area contributed by atoms with Gasteiger partial charge in [0.2, 0.25) is 15.9 Å². The number of sulfonamides is 1.